The Balaban J connectivity index is 1.96. The number of hydrogen-bond acceptors (Lipinski definition) is 6. The molecule has 0 aliphatic rings. The van der Waals surface area contributed by atoms with Crippen LogP contribution in [-0.4, -0.2) is 29.0 Å². The number of carbonyl (C=O) groups is 3. The van der Waals surface area contributed by atoms with Crippen LogP contribution in [0.25, 0.3) is 0 Å². The van der Waals surface area contributed by atoms with Crippen LogP contribution >= 0.6 is 0 Å². The Labute approximate surface area is 157 Å². The molecule has 2 aromatic rings. The molecule has 2 unspecified atom stereocenters. The fraction of sp³-hybridized carbons (Fsp3) is 0.368. The summed E-state index contributed by atoms with van der Waals surface area (Å²) in [5.74, 6) is -1.23. The molecule has 1 heterocycles. The highest BCUT2D eigenvalue weighted by Gasteiger charge is 2.23. The van der Waals surface area contributed by atoms with E-state index in [1.807, 2.05) is 31.2 Å². The zero-order valence-corrected chi connectivity index (χ0v) is 15.7. The summed E-state index contributed by atoms with van der Waals surface area (Å²) >= 11 is 0. The summed E-state index contributed by atoms with van der Waals surface area (Å²) in [5, 5.41) is 8.86. The third kappa shape index (κ3) is 6.25. The molecule has 0 spiro atoms. The summed E-state index contributed by atoms with van der Waals surface area (Å²) in [6.45, 7) is 6.50. The van der Waals surface area contributed by atoms with Crippen molar-refractivity contribution in [3.8, 4) is 0 Å². The normalized spacial score (nSPS) is 12.7. The van der Waals surface area contributed by atoms with E-state index in [-0.39, 0.29) is 18.2 Å². The predicted octanol–water partition coefficient (Wildman–Crippen LogP) is 2.43. The van der Waals surface area contributed by atoms with Gasteiger partial charge in [-0.3, -0.25) is 19.7 Å². The first-order chi connectivity index (χ1) is 12.7. The molecule has 0 fully saturated rings. The molecule has 144 valence electrons. The molecule has 2 rings (SSSR count). The van der Waals surface area contributed by atoms with Crippen molar-refractivity contribution in [1.29, 1.82) is 0 Å². The molecular formula is C19H23N3O5. The number of carbonyl (C=O) groups excluding carboxylic acids is 3. The zero-order chi connectivity index (χ0) is 20.0. The van der Waals surface area contributed by atoms with Crippen LogP contribution in [0.1, 0.15) is 43.1 Å². The molecule has 2 atom stereocenters. The number of esters is 1. The lowest BCUT2D eigenvalue weighted by Gasteiger charge is -2.19. The van der Waals surface area contributed by atoms with Crippen LogP contribution in [0.3, 0.4) is 0 Å². The first kappa shape index (κ1) is 20.2. The van der Waals surface area contributed by atoms with Crippen molar-refractivity contribution in [3.05, 3.63) is 47.2 Å². The van der Waals surface area contributed by atoms with E-state index in [9.17, 15) is 14.4 Å². The van der Waals surface area contributed by atoms with E-state index in [1.54, 1.807) is 13.0 Å². The quantitative estimate of drug-likeness (QED) is 0.721. The third-order valence-electron chi connectivity index (χ3n) is 3.78. The number of nitrogens with one attached hydrogen (secondary N) is 2. The average Bonchev–Trinajstić information content (AvgIpc) is 2.99. The molecule has 8 heteroatoms. The van der Waals surface area contributed by atoms with E-state index in [0.717, 1.165) is 11.1 Å². The SMILES string of the molecule is CC(=O)NC(CC(=O)OC(C)C(=O)Nc1cc(C)no1)c1ccc(C)cc1. The van der Waals surface area contributed by atoms with E-state index in [2.05, 4.69) is 15.8 Å². The highest BCUT2D eigenvalue weighted by atomic mass is 16.5. The van der Waals surface area contributed by atoms with Gasteiger partial charge in [0.15, 0.2) is 6.10 Å². The molecule has 0 saturated carbocycles. The largest absolute Gasteiger partial charge is 0.452 e. The summed E-state index contributed by atoms with van der Waals surface area (Å²) < 4.78 is 10.1. The van der Waals surface area contributed by atoms with Crippen LogP contribution in [-0.2, 0) is 19.1 Å². The van der Waals surface area contributed by atoms with Gasteiger partial charge in [-0.1, -0.05) is 35.0 Å². The summed E-state index contributed by atoms with van der Waals surface area (Å²) in [5.41, 5.74) is 2.46. The number of ether oxygens (including phenoxy) is 1. The molecule has 1 aromatic carbocycles. The van der Waals surface area contributed by atoms with Crippen molar-refractivity contribution < 1.29 is 23.6 Å². The van der Waals surface area contributed by atoms with Crippen molar-refractivity contribution in [2.45, 2.75) is 46.3 Å². The highest BCUT2D eigenvalue weighted by Crippen LogP contribution is 2.19. The monoisotopic (exact) mass is 373 g/mol. The van der Waals surface area contributed by atoms with Gasteiger partial charge in [0.25, 0.3) is 5.91 Å². The van der Waals surface area contributed by atoms with Gasteiger partial charge in [0.05, 0.1) is 18.2 Å². The Hall–Kier alpha value is -3.16. The van der Waals surface area contributed by atoms with Crippen molar-refractivity contribution in [2.24, 2.45) is 0 Å². The minimum absolute atomic E-state index is 0.0956. The van der Waals surface area contributed by atoms with Gasteiger partial charge in [0, 0.05) is 13.0 Å². The maximum atomic E-state index is 12.3. The predicted molar refractivity (Wildman–Crippen MR) is 97.8 cm³/mol. The molecule has 0 saturated heterocycles. The van der Waals surface area contributed by atoms with Crippen molar-refractivity contribution in [1.82, 2.24) is 10.5 Å². The van der Waals surface area contributed by atoms with Crippen LogP contribution in [0.4, 0.5) is 5.88 Å². The summed E-state index contributed by atoms with van der Waals surface area (Å²) in [4.78, 5) is 35.8. The van der Waals surface area contributed by atoms with E-state index in [1.165, 1.54) is 13.8 Å². The van der Waals surface area contributed by atoms with Crippen LogP contribution in [0, 0.1) is 13.8 Å². The van der Waals surface area contributed by atoms with Gasteiger partial charge in [0.1, 0.15) is 0 Å². The number of anilines is 1. The van der Waals surface area contributed by atoms with Crippen LogP contribution in [0.15, 0.2) is 34.9 Å². The molecule has 1 aromatic heterocycles. The summed E-state index contributed by atoms with van der Waals surface area (Å²) in [6.07, 6.45) is -1.12. The molecular weight excluding hydrogens is 350 g/mol. The van der Waals surface area contributed by atoms with Crippen LogP contribution in [0.2, 0.25) is 0 Å². The average molecular weight is 373 g/mol. The van der Waals surface area contributed by atoms with E-state index >= 15 is 0 Å². The molecule has 0 bridgehead atoms. The van der Waals surface area contributed by atoms with E-state index < -0.39 is 24.0 Å². The van der Waals surface area contributed by atoms with Crippen molar-refractivity contribution >= 4 is 23.7 Å². The fourth-order valence-electron chi connectivity index (χ4n) is 2.41. The Kier molecular flexibility index (Phi) is 6.70. The first-order valence-electron chi connectivity index (χ1n) is 8.52. The van der Waals surface area contributed by atoms with Gasteiger partial charge in [0.2, 0.25) is 11.8 Å². The molecule has 0 aliphatic heterocycles. The molecule has 2 N–H and O–H groups in total. The zero-order valence-electron chi connectivity index (χ0n) is 15.7. The smallest absolute Gasteiger partial charge is 0.309 e. The minimum Gasteiger partial charge on any atom is -0.452 e. The van der Waals surface area contributed by atoms with Gasteiger partial charge in [-0.05, 0) is 26.3 Å². The standard InChI is InChI=1S/C19H23N3O5/c1-11-5-7-15(8-6-11)16(20-14(4)23)10-18(24)26-13(3)19(25)21-17-9-12(2)22-27-17/h5-9,13,16H,10H2,1-4H3,(H,20,23)(H,21,25). The topological polar surface area (TPSA) is 111 Å². The Bertz CT molecular complexity index is 813. The highest BCUT2D eigenvalue weighted by molar-refractivity contribution is 5.94. The second-order valence-corrected chi connectivity index (χ2v) is 6.32. The third-order valence-corrected chi connectivity index (χ3v) is 3.78. The van der Waals surface area contributed by atoms with Gasteiger partial charge in [-0.2, -0.15) is 0 Å². The lowest BCUT2D eigenvalue weighted by molar-refractivity contribution is -0.153. The lowest BCUT2D eigenvalue weighted by atomic mass is 10.0. The molecule has 27 heavy (non-hydrogen) atoms. The van der Waals surface area contributed by atoms with Gasteiger partial charge in [-0.15, -0.1) is 0 Å². The molecule has 0 aliphatic carbocycles. The number of amides is 2. The van der Waals surface area contributed by atoms with Gasteiger partial charge in [-0.25, -0.2) is 0 Å². The van der Waals surface area contributed by atoms with Crippen LogP contribution < -0.4 is 10.6 Å². The summed E-state index contributed by atoms with van der Waals surface area (Å²) in [6, 6.07) is 8.48. The first-order valence-corrected chi connectivity index (χ1v) is 8.52. The number of rotatable bonds is 7. The Morgan fingerprint density at radius 3 is 2.41 bits per heavy atom. The van der Waals surface area contributed by atoms with E-state index in [4.69, 9.17) is 9.26 Å². The van der Waals surface area contributed by atoms with Gasteiger partial charge < -0.3 is 14.6 Å². The lowest BCUT2D eigenvalue weighted by Crippen LogP contribution is -2.33. The second-order valence-electron chi connectivity index (χ2n) is 6.32. The second kappa shape index (κ2) is 8.98. The van der Waals surface area contributed by atoms with Crippen LogP contribution in [0.5, 0.6) is 0 Å². The minimum atomic E-state index is -1.03. The molecule has 8 nitrogen and oxygen atoms in total. The maximum absolute atomic E-state index is 12.3. The number of nitrogens with zero attached hydrogens (tertiary/aromatic N) is 1. The fourth-order valence-corrected chi connectivity index (χ4v) is 2.41. The number of hydrogen-bond donors (Lipinski definition) is 2. The maximum Gasteiger partial charge on any atom is 0.309 e. The Morgan fingerprint density at radius 2 is 1.85 bits per heavy atom. The molecule has 2 amide bonds. The number of aryl methyl sites for hydroxylation is 2. The number of benzene rings is 1. The van der Waals surface area contributed by atoms with Crippen molar-refractivity contribution in [2.75, 3.05) is 5.32 Å². The number of aromatic nitrogens is 1. The van der Waals surface area contributed by atoms with E-state index in [0.29, 0.717) is 5.69 Å². The Morgan fingerprint density at radius 1 is 1.19 bits per heavy atom. The molecule has 0 radical (unpaired) electrons. The van der Waals surface area contributed by atoms with Crippen molar-refractivity contribution in [3.63, 3.8) is 0 Å². The van der Waals surface area contributed by atoms with Gasteiger partial charge >= 0.3 is 5.97 Å². The summed E-state index contributed by atoms with van der Waals surface area (Å²) in [7, 11) is 0.